The summed E-state index contributed by atoms with van der Waals surface area (Å²) in [6.45, 7) is 8.46. The van der Waals surface area contributed by atoms with Gasteiger partial charge in [-0.15, -0.1) is 0 Å². The summed E-state index contributed by atoms with van der Waals surface area (Å²) in [5.74, 6) is 1.42. The Labute approximate surface area is 160 Å². The molecule has 2 N–H and O–H groups in total. The minimum Gasteiger partial charge on any atom is -0.336 e. The van der Waals surface area contributed by atoms with Gasteiger partial charge in [0.25, 0.3) is 0 Å². The highest BCUT2D eigenvalue weighted by molar-refractivity contribution is 7.85. The molecule has 3 rings (SSSR count). The smallest absolute Gasteiger partial charge is 0.321 e. The van der Waals surface area contributed by atoms with E-state index in [1.165, 1.54) is 16.9 Å². The van der Waals surface area contributed by atoms with E-state index >= 15 is 0 Å². The number of rotatable bonds is 5. The standard InChI is InChI=1S/C18H26N4O2S2/c1-4-13-5-6-14-15(11-13)25-17(20-14)21-16(23)19-12-18(2,3)22-7-9-26(24)10-8-22/h5-6,11H,4,7-10,12H2,1-3H3,(H2,19,20,21,23). The van der Waals surface area contributed by atoms with Crippen LogP contribution in [0, 0.1) is 0 Å². The molecule has 0 bridgehead atoms. The van der Waals surface area contributed by atoms with Gasteiger partial charge in [-0.1, -0.05) is 24.3 Å². The number of benzene rings is 1. The van der Waals surface area contributed by atoms with E-state index in [0.29, 0.717) is 23.2 Å². The van der Waals surface area contributed by atoms with Gasteiger partial charge in [0, 0.05) is 47.5 Å². The van der Waals surface area contributed by atoms with E-state index in [0.717, 1.165) is 29.7 Å². The lowest BCUT2D eigenvalue weighted by molar-refractivity contribution is 0.133. The van der Waals surface area contributed by atoms with Crippen LogP contribution in [-0.4, -0.2) is 56.8 Å². The number of nitrogens with one attached hydrogen (secondary N) is 2. The average Bonchev–Trinajstić information content (AvgIpc) is 3.01. The first-order chi connectivity index (χ1) is 12.4. The van der Waals surface area contributed by atoms with Gasteiger partial charge in [-0.3, -0.25) is 14.4 Å². The Morgan fingerprint density at radius 3 is 2.77 bits per heavy atom. The number of anilines is 1. The predicted octanol–water partition coefficient (Wildman–Crippen LogP) is 2.82. The largest absolute Gasteiger partial charge is 0.336 e. The number of hydrogen-bond acceptors (Lipinski definition) is 5. The second-order valence-electron chi connectivity index (χ2n) is 7.13. The van der Waals surface area contributed by atoms with Crippen molar-refractivity contribution in [2.24, 2.45) is 0 Å². The summed E-state index contributed by atoms with van der Waals surface area (Å²) >= 11 is 1.49. The molecule has 1 fully saturated rings. The first kappa shape index (κ1) is 19.3. The molecule has 6 nitrogen and oxygen atoms in total. The van der Waals surface area contributed by atoms with Crippen molar-refractivity contribution in [1.82, 2.24) is 15.2 Å². The average molecular weight is 395 g/mol. The summed E-state index contributed by atoms with van der Waals surface area (Å²) < 4.78 is 12.6. The van der Waals surface area contributed by atoms with Gasteiger partial charge in [-0.25, -0.2) is 9.78 Å². The molecular weight excluding hydrogens is 368 g/mol. The molecule has 0 unspecified atom stereocenters. The van der Waals surface area contributed by atoms with Crippen LogP contribution in [0.25, 0.3) is 10.2 Å². The third-order valence-corrected chi connectivity index (χ3v) is 7.01. The van der Waals surface area contributed by atoms with Gasteiger partial charge < -0.3 is 5.32 Å². The second-order valence-corrected chi connectivity index (χ2v) is 9.86. The highest BCUT2D eigenvalue weighted by Gasteiger charge is 2.30. The molecule has 2 heterocycles. The van der Waals surface area contributed by atoms with Gasteiger partial charge in [0.2, 0.25) is 0 Å². The number of urea groups is 1. The SMILES string of the molecule is CCc1ccc2nc(NC(=O)NCC(C)(C)N3CCS(=O)CC3)sc2c1. The molecule has 2 aromatic rings. The van der Waals surface area contributed by atoms with Crippen molar-refractivity contribution < 1.29 is 9.00 Å². The molecule has 8 heteroatoms. The van der Waals surface area contributed by atoms with E-state index in [1.54, 1.807) is 0 Å². The maximum Gasteiger partial charge on any atom is 0.321 e. The van der Waals surface area contributed by atoms with Crippen molar-refractivity contribution in [3.63, 3.8) is 0 Å². The molecule has 0 aliphatic carbocycles. The van der Waals surface area contributed by atoms with Gasteiger partial charge >= 0.3 is 6.03 Å². The molecule has 26 heavy (non-hydrogen) atoms. The van der Waals surface area contributed by atoms with Crippen molar-refractivity contribution >= 4 is 43.5 Å². The quantitative estimate of drug-likeness (QED) is 0.818. The van der Waals surface area contributed by atoms with Crippen LogP contribution in [0.3, 0.4) is 0 Å². The van der Waals surface area contributed by atoms with Crippen LogP contribution in [0.15, 0.2) is 18.2 Å². The van der Waals surface area contributed by atoms with Gasteiger partial charge in [-0.05, 0) is 38.0 Å². The lowest BCUT2D eigenvalue weighted by Gasteiger charge is -2.40. The molecule has 0 radical (unpaired) electrons. The van der Waals surface area contributed by atoms with Gasteiger partial charge in [0.1, 0.15) is 0 Å². The number of thiazole rings is 1. The third-order valence-electron chi connectivity index (χ3n) is 4.80. The number of aromatic nitrogens is 1. The first-order valence-corrected chi connectivity index (χ1v) is 11.2. The highest BCUT2D eigenvalue weighted by atomic mass is 32.2. The Hall–Kier alpha value is -1.51. The zero-order valence-corrected chi connectivity index (χ0v) is 17.1. The van der Waals surface area contributed by atoms with Crippen molar-refractivity contribution in [1.29, 1.82) is 0 Å². The predicted molar refractivity (Wildman–Crippen MR) is 110 cm³/mol. The number of carbonyl (C=O) groups is 1. The molecule has 142 valence electrons. The normalized spacial score (nSPS) is 16.7. The molecular formula is C18H26N4O2S2. The van der Waals surface area contributed by atoms with E-state index in [4.69, 9.17) is 0 Å². The van der Waals surface area contributed by atoms with Crippen molar-refractivity contribution in [3.8, 4) is 0 Å². The Balaban J connectivity index is 1.56. The van der Waals surface area contributed by atoms with E-state index in [1.807, 2.05) is 6.07 Å². The fraction of sp³-hybridized carbons (Fsp3) is 0.556. The summed E-state index contributed by atoms with van der Waals surface area (Å²) in [6, 6.07) is 5.95. The summed E-state index contributed by atoms with van der Waals surface area (Å²) in [4.78, 5) is 19.0. The molecule has 2 amide bonds. The Morgan fingerprint density at radius 2 is 2.08 bits per heavy atom. The Morgan fingerprint density at radius 1 is 1.35 bits per heavy atom. The monoisotopic (exact) mass is 394 g/mol. The summed E-state index contributed by atoms with van der Waals surface area (Å²) in [5, 5.41) is 6.40. The molecule has 1 saturated heterocycles. The van der Waals surface area contributed by atoms with Crippen LogP contribution in [0.2, 0.25) is 0 Å². The lowest BCUT2D eigenvalue weighted by Crippen LogP contribution is -2.56. The summed E-state index contributed by atoms with van der Waals surface area (Å²) in [5.41, 5.74) is 2.00. The second kappa shape index (κ2) is 8.02. The van der Waals surface area contributed by atoms with Crippen LogP contribution >= 0.6 is 11.3 Å². The highest BCUT2D eigenvalue weighted by Crippen LogP contribution is 2.27. The molecule has 0 spiro atoms. The lowest BCUT2D eigenvalue weighted by atomic mass is 10.0. The molecule has 1 aromatic heterocycles. The number of fused-ring (bicyclic) bond motifs is 1. The molecule has 0 atom stereocenters. The van der Waals surface area contributed by atoms with E-state index < -0.39 is 10.8 Å². The number of nitrogens with zero attached hydrogens (tertiary/aromatic N) is 2. The Kier molecular flexibility index (Phi) is 5.94. The minimum atomic E-state index is -0.694. The van der Waals surface area contributed by atoms with Gasteiger partial charge in [0.15, 0.2) is 5.13 Å². The van der Waals surface area contributed by atoms with Crippen LogP contribution in [-0.2, 0) is 17.2 Å². The number of aryl methyl sites for hydroxylation is 1. The zero-order valence-electron chi connectivity index (χ0n) is 15.5. The van der Waals surface area contributed by atoms with Crippen LogP contribution in [0.4, 0.5) is 9.93 Å². The van der Waals surface area contributed by atoms with E-state index in [9.17, 15) is 9.00 Å². The zero-order chi connectivity index (χ0) is 18.7. The summed E-state index contributed by atoms with van der Waals surface area (Å²) in [7, 11) is -0.694. The van der Waals surface area contributed by atoms with Gasteiger partial charge in [-0.2, -0.15) is 0 Å². The third kappa shape index (κ3) is 4.61. The fourth-order valence-corrected chi connectivity index (χ4v) is 5.01. The van der Waals surface area contributed by atoms with Crippen molar-refractivity contribution in [3.05, 3.63) is 23.8 Å². The topological polar surface area (TPSA) is 74.3 Å². The summed E-state index contributed by atoms with van der Waals surface area (Å²) in [6.07, 6.45) is 0.982. The first-order valence-electron chi connectivity index (χ1n) is 8.92. The molecule has 0 saturated carbocycles. The Bertz CT molecular complexity index is 809. The van der Waals surface area contributed by atoms with Crippen molar-refractivity contribution in [2.45, 2.75) is 32.7 Å². The van der Waals surface area contributed by atoms with E-state index in [-0.39, 0.29) is 11.6 Å². The van der Waals surface area contributed by atoms with Crippen molar-refractivity contribution in [2.75, 3.05) is 36.5 Å². The number of amides is 2. The fourth-order valence-electron chi connectivity index (χ4n) is 3.04. The number of hydrogen-bond donors (Lipinski definition) is 2. The van der Waals surface area contributed by atoms with Crippen LogP contribution < -0.4 is 10.6 Å². The molecule has 1 aromatic carbocycles. The van der Waals surface area contributed by atoms with E-state index in [2.05, 4.69) is 53.4 Å². The minimum absolute atomic E-state index is 0.175. The number of carbonyl (C=O) groups excluding carboxylic acids is 1. The van der Waals surface area contributed by atoms with Crippen LogP contribution in [0.1, 0.15) is 26.3 Å². The maximum absolute atomic E-state index is 12.3. The van der Waals surface area contributed by atoms with Crippen LogP contribution in [0.5, 0.6) is 0 Å². The molecule has 1 aliphatic rings. The molecule has 1 aliphatic heterocycles. The maximum atomic E-state index is 12.3. The van der Waals surface area contributed by atoms with Gasteiger partial charge in [0.05, 0.1) is 10.2 Å².